The number of carbonyl (C=O) groups is 1. The number of hydrogen-bond donors (Lipinski definition) is 0. The van der Waals surface area contributed by atoms with Crippen LogP contribution in [0.25, 0.3) is 16.6 Å². The number of carbonyl (C=O) groups excluding carboxylic acids is 1. The Morgan fingerprint density at radius 3 is 2.52 bits per heavy atom. The fourth-order valence-electron chi connectivity index (χ4n) is 7.46. The van der Waals surface area contributed by atoms with E-state index in [4.69, 9.17) is 19.3 Å². The lowest BCUT2D eigenvalue weighted by Gasteiger charge is -2.53. The Morgan fingerprint density at radius 2 is 1.80 bits per heavy atom. The minimum Gasteiger partial charge on any atom is -0.488 e. The van der Waals surface area contributed by atoms with Crippen LogP contribution in [0.4, 0.5) is 4.39 Å². The molecular weight excluding hydrogens is 581 g/mol. The fraction of sp³-hybridized carbons (Fsp3) is 0.368. The number of fused-ring (bicyclic) bond motifs is 4. The molecule has 238 valence electrons. The van der Waals surface area contributed by atoms with E-state index in [2.05, 4.69) is 36.6 Å². The highest BCUT2D eigenvalue weighted by molar-refractivity contribution is 5.95. The van der Waals surface area contributed by atoms with Crippen molar-refractivity contribution < 1.29 is 23.4 Å². The van der Waals surface area contributed by atoms with E-state index in [0.717, 1.165) is 44.9 Å². The first kappa shape index (κ1) is 30.2. The molecule has 0 atom stereocenters. The molecule has 7 rings (SSSR count). The van der Waals surface area contributed by atoms with E-state index in [1.165, 1.54) is 0 Å². The Hall–Kier alpha value is -4.43. The van der Waals surface area contributed by atoms with Gasteiger partial charge in [-0.3, -0.25) is 4.68 Å². The van der Waals surface area contributed by atoms with Crippen molar-refractivity contribution in [3.63, 3.8) is 0 Å². The quantitative estimate of drug-likeness (QED) is 0.172. The number of rotatable bonds is 7. The molecular formula is C38H40FN3O4. The summed E-state index contributed by atoms with van der Waals surface area (Å²) in [4.78, 5) is 12.7. The summed E-state index contributed by atoms with van der Waals surface area (Å²) in [5.74, 6) is 0.220. The van der Waals surface area contributed by atoms with Crippen LogP contribution in [0, 0.1) is 26.6 Å². The third-order valence-electron chi connectivity index (χ3n) is 9.68. The van der Waals surface area contributed by atoms with Gasteiger partial charge in [0.05, 0.1) is 41.8 Å². The molecule has 2 aliphatic rings. The van der Waals surface area contributed by atoms with E-state index in [0.29, 0.717) is 49.5 Å². The van der Waals surface area contributed by atoms with Crippen LogP contribution in [0.1, 0.15) is 83.8 Å². The highest BCUT2D eigenvalue weighted by atomic mass is 19.1. The molecule has 1 aliphatic carbocycles. The molecule has 5 aromatic rings. The molecule has 0 bridgehead atoms. The number of hydrogen-bond acceptors (Lipinski definition) is 5. The fourth-order valence-corrected chi connectivity index (χ4v) is 7.46. The number of esters is 1. The number of ether oxygens (including phenoxy) is 3. The van der Waals surface area contributed by atoms with Crippen LogP contribution < -0.4 is 4.74 Å². The standard InChI is InChI=1S/C38H40FN3O4/c1-7-44-36(43)32-24(3)40-42(25(32)4)28-19-38(20-28)34-33-30(14-11-15-31(33)45-21-26-12-9-8-10-13-26)41(35(34)37(5,6)22-46-38)27-16-17-29(39)23(2)18-27/h8-18,28H,7,19-22H2,1-6H3. The van der Waals surface area contributed by atoms with E-state index < -0.39 is 5.60 Å². The second-order valence-electron chi connectivity index (χ2n) is 13.4. The zero-order valence-electron chi connectivity index (χ0n) is 27.3. The summed E-state index contributed by atoms with van der Waals surface area (Å²) in [6.45, 7) is 13.1. The number of benzene rings is 3. The van der Waals surface area contributed by atoms with Gasteiger partial charge in [-0.15, -0.1) is 0 Å². The maximum absolute atomic E-state index is 14.5. The van der Waals surface area contributed by atoms with Gasteiger partial charge in [-0.05, 0) is 69.2 Å². The van der Waals surface area contributed by atoms with E-state index in [-0.39, 0.29) is 23.2 Å². The average molecular weight is 622 g/mol. The van der Waals surface area contributed by atoms with Crippen LogP contribution in [0.3, 0.4) is 0 Å². The van der Waals surface area contributed by atoms with Crippen molar-refractivity contribution in [3.8, 4) is 11.4 Å². The first-order valence-electron chi connectivity index (χ1n) is 16.0. The van der Waals surface area contributed by atoms with Crippen molar-refractivity contribution in [1.29, 1.82) is 0 Å². The summed E-state index contributed by atoms with van der Waals surface area (Å²) >= 11 is 0. The summed E-state index contributed by atoms with van der Waals surface area (Å²) in [6, 6.07) is 21.7. The normalized spacial score (nSPS) is 20.0. The Kier molecular flexibility index (Phi) is 7.31. The van der Waals surface area contributed by atoms with Gasteiger partial charge in [-0.25, -0.2) is 9.18 Å². The lowest BCUT2D eigenvalue weighted by molar-refractivity contribution is -0.156. The Labute approximate surface area is 268 Å². The summed E-state index contributed by atoms with van der Waals surface area (Å²) in [5.41, 5.74) is 6.93. The van der Waals surface area contributed by atoms with Crippen LogP contribution in [-0.4, -0.2) is 33.5 Å². The molecule has 1 saturated carbocycles. The largest absolute Gasteiger partial charge is 0.488 e. The lowest BCUT2D eigenvalue weighted by atomic mass is 9.66. The van der Waals surface area contributed by atoms with Crippen molar-refractivity contribution in [3.05, 3.63) is 112 Å². The van der Waals surface area contributed by atoms with Crippen LogP contribution in [0.2, 0.25) is 0 Å². The highest BCUT2D eigenvalue weighted by Crippen LogP contribution is 2.60. The van der Waals surface area contributed by atoms with Gasteiger partial charge < -0.3 is 18.8 Å². The van der Waals surface area contributed by atoms with Gasteiger partial charge in [-0.2, -0.15) is 5.10 Å². The number of halogens is 1. The van der Waals surface area contributed by atoms with Crippen molar-refractivity contribution >= 4 is 16.9 Å². The molecule has 3 aromatic carbocycles. The summed E-state index contributed by atoms with van der Waals surface area (Å²) in [5, 5.41) is 5.82. The van der Waals surface area contributed by atoms with E-state index in [1.807, 2.05) is 67.9 Å². The summed E-state index contributed by atoms with van der Waals surface area (Å²) in [6.07, 6.45) is 1.38. The Bertz CT molecular complexity index is 1970. The smallest absolute Gasteiger partial charge is 0.341 e. The second kappa shape index (κ2) is 11.1. The number of aryl methyl sites for hydroxylation is 2. The van der Waals surface area contributed by atoms with E-state index in [9.17, 15) is 9.18 Å². The van der Waals surface area contributed by atoms with Gasteiger partial charge in [0.2, 0.25) is 0 Å². The highest BCUT2D eigenvalue weighted by Gasteiger charge is 2.56. The molecule has 7 nitrogen and oxygen atoms in total. The van der Waals surface area contributed by atoms with Crippen molar-refractivity contribution in [2.45, 2.75) is 78.0 Å². The first-order chi connectivity index (χ1) is 22.0. The molecule has 0 N–H and O–H groups in total. The van der Waals surface area contributed by atoms with Crippen molar-refractivity contribution in [1.82, 2.24) is 14.3 Å². The number of aromatic nitrogens is 3. The molecule has 8 heteroatoms. The third-order valence-corrected chi connectivity index (χ3v) is 9.68. The molecule has 0 saturated heterocycles. The Balaban J connectivity index is 1.39. The molecule has 1 aliphatic heterocycles. The zero-order chi connectivity index (χ0) is 32.4. The van der Waals surface area contributed by atoms with Gasteiger partial charge in [-0.1, -0.05) is 50.2 Å². The lowest BCUT2D eigenvalue weighted by Crippen LogP contribution is -2.51. The maximum atomic E-state index is 14.5. The third kappa shape index (κ3) is 4.73. The molecule has 0 radical (unpaired) electrons. The molecule has 1 fully saturated rings. The zero-order valence-corrected chi connectivity index (χ0v) is 27.3. The molecule has 0 unspecified atom stereocenters. The van der Waals surface area contributed by atoms with Crippen molar-refractivity contribution in [2.75, 3.05) is 13.2 Å². The summed E-state index contributed by atoms with van der Waals surface area (Å²) in [7, 11) is 0. The maximum Gasteiger partial charge on any atom is 0.341 e. The predicted octanol–water partition coefficient (Wildman–Crippen LogP) is 8.19. The first-order valence-corrected chi connectivity index (χ1v) is 16.0. The van der Waals surface area contributed by atoms with Crippen molar-refractivity contribution in [2.24, 2.45) is 0 Å². The molecule has 2 aromatic heterocycles. The topological polar surface area (TPSA) is 67.5 Å². The molecule has 3 heterocycles. The monoisotopic (exact) mass is 621 g/mol. The van der Waals surface area contributed by atoms with E-state index >= 15 is 0 Å². The minimum absolute atomic E-state index is 0.0415. The van der Waals surface area contributed by atoms with Gasteiger partial charge in [0.25, 0.3) is 0 Å². The van der Waals surface area contributed by atoms with Gasteiger partial charge in [0.1, 0.15) is 23.7 Å². The van der Waals surface area contributed by atoms with Crippen LogP contribution in [-0.2, 0) is 27.1 Å². The SMILES string of the molecule is CCOC(=O)c1c(C)nn(C2CC3(C2)OCC(C)(C)c2c3c3c(OCc4ccccc4)cccc3n2-c2ccc(F)c(C)c2)c1C. The van der Waals surface area contributed by atoms with Crippen LogP contribution in [0.5, 0.6) is 5.75 Å². The molecule has 46 heavy (non-hydrogen) atoms. The average Bonchev–Trinajstić information content (AvgIpc) is 3.53. The van der Waals surface area contributed by atoms with Gasteiger partial charge >= 0.3 is 5.97 Å². The molecule has 0 amide bonds. The molecule has 1 spiro atoms. The second-order valence-corrected chi connectivity index (χ2v) is 13.4. The van der Waals surface area contributed by atoms with Gasteiger partial charge in [0.15, 0.2) is 0 Å². The van der Waals surface area contributed by atoms with E-state index in [1.54, 1.807) is 13.0 Å². The predicted molar refractivity (Wildman–Crippen MR) is 175 cm³/mol. The van der Waals surface area contributed by atoms with Gasteiger partial charge in [0, 0.05) is 40.6 Å². The minimum atomic E-state index is -0.587. The van der Waals surface area contributed by atoms with Crippen LogP contribution in [0.15, 0.2) is 66.7 Å². The number of nitrogens with zero attached hydrogens (tertiary/aromatic N) is 3. The Morgan fingerprint density at radius 1 is 1.04 bits per heavy atom. The van der Waals surface area contributed by atoms with Crippen LogP contribution >= 0.6 is 0 Å². The summed E-state index contributed by atoms with van der Waals surface area (Å²) < 4.78 is 37.6.